The van der Waals surface area contributed by atoms with Crippen LogP contribution in [0.4, 0.5) is 0 Å². The SMILES string of the molecule is O=C([O-])c1ccncc1Cl.[K+]. The molecule has 0 aliphatic heterocycles. The van der Waals surface area contributed by atoms with Gasteiger partial charge in [-0.05, 0) is 6.07 Å². The number of carboxylic acid groups (broad SMARTS) is 1. The largest absolute Gasteiger partial charge is 1.00 e. The van der Waals surface area contributed by atoms with E-state index in [1.165, 1.54) is 18.5 Å². The topological polar surface area (TPSA) is 53.0 Å². The Morgan fingerprint density at radius 3 is 2.64 bits per heavy atom. The molecule has 3 nitrogen and oxygen atoms in total. The van der Waals surface area contributed by atoms with Crippen molar-refractivity contribution < 1.29 is 61.3 Å². The fourth-order valence-electron chi connectivity index (χ4n) is 0.541. The Bertz CT molecular complexity index is 267. The van der Waals surface area contributed by atoms with E-state index in [9.17, 15) is 9.90 Å². The summed E-state index contributed by atoms with van der Waals surface area (Å²) in [5, 5.41) is 10.3. The molecule has 0 amide bonds. The maximum atomic E-state index is 10.2. The number of carbonyl (C=O) groups excluding carboxylic acids is 1. The van der Waals surface area contributed by atoms with Gasteiger partial charge in [-0.1, -0.05) is 11.6 Å². The fourth-order valence-corrected chi connectivity index (χ4v) is 0.737. The van der Waals surface area contributed by atoms with Crippen molar-refractivity contribution in [2.75, 3.05) is 0 Å². The first-order chi connectivity index (χ1) is 4.72. The van der Waals surface area contributed by atoms with Crippen LogP contribution in [0.3, 0.4) is 0 Å². The summed E-state index contributed by atoms with van der Waals surface area (Å²) < 4.78 is 0. The predicted molar refractivity (Wildman–Crippen MR) is 33.6 cm³/mol. The van der Waals surface area contributed by atoms with E-state index >= 15 is 0 Å². The van der Waals surface area contributed by atoms with E-state index in [0.717, 1.165) is 0 Å². The van der Waals surface area contributed by atoms with Crippen molar-refractivity contribution >= 4 is 17.6 Å². The summed E-state index contributed by atoms with van der Waals surface area (Å²) in [5.41, 5.74) is -0.0309. The Morgan fingerprint density at radius 1 is 1.64 bits per heavy atom. The maximum Gasteiger partial charge on any atom is 1.00 e. The van der Waals surface area contributed by atoms with Crippen LogP contribution in [0.1, 0.15) is 10.4 Å². The number of rotatable bonds is 1. The number of halogens is 1. The van der Waals surface area contributed by atoms with Gasteiger partial charge in [0.05, 0.1) is 11.0 Å². The van der Waals surface area contributed by atoms with Gasteiger partial charge in [-0.15, -0.1) is 0 Å². The summed E-state index contributed by atoms with van der Waals surface area (Å²) in [6, 6.07) is 1.29. The molecule has 0 aliphatic carbocycles. The maximum absolute atomic E-state index is 10.2. The molecule has 5 heteroatoms. The molecule has 1 heterocycles. The zero-order valence-electron chi connectivity index (χ0n) is 5.87. The van der Waals surface area contributed by atoms with Crippen LogP contribution in [0.5, 0.6) is 0 Å². The molecule has 0 radical (unpaired) electrons. The van der Waals surface area contributed by atoms with Gasteiger partial charge < -0.3 is 9.90 Å². The smallest absolute Gasteiger partial charge is 0.545 e. The number of pyridine rings is 1. The van der Waals surface area contributed by atoms with Gasteiger partial charge >= 0.3 is 51.4 Å². The third kappa shape index (κ3) is 3.19. The van der Waals surface area contributed by atoms with Gasteiger partial charge in [0.25, 0.3) is 0 Å². The molecule has 52 valence electrons. The molecule has 0 saturated carbocycles. The molecule has 0 unspecified atom stereocenters. The van der Waals surface area contributed by atoms with Gasteiger partial charge in [0.2, 0.25) is 0 Å². The Hall–Kier alpha value is 0.546. The molecule has 1 aromatic heterocycles. The van der Waals surface area contributed by atoms with Crippen LogP contribution in [0.15, 0.2) is 18.5 Å². The molecule has 0 spiro atoms. The van der Waals surface area contributed by atoms with Crippen LogP contribution in [0.2, 0.25) is 5.02 Å². The van der Waals surface area contributed by atoms with Crippen LogP contribution in [-0.2, 0) is 0 Å². The molecule has 0 N–H and O–H groups in total. The van der Waals surface area contributed by atoms with Crippen LogP contribution in [0, 0.1) is 0 Å². The van der Waals surface area contributed by atoms with Gasteiger partial charge in [-0.3, -0.25) is 4.98 Å². The quantitative estimate of drug-likeness (QED) is 0.452. The molecule has 0 fully saturated rings. The first-order valence-corrected chi connectivity index (χ1v) is 2.90. The number of aromatic nitrogens is 1. The Kier molecular flexibility index (Phi) is 5.50. The van der Waals surface area contributed by atoms with Gasteiger partial charge in [0, 0.05) is 18.0 Å². The van der Waals surface area contributed by atoms with Crippen molar-refractivity contribution in [1.82, 2.24) is 4.98 Å². The molecular weight excluding hydrogens is 193 g/mol. The minimum Gasteiger partial charge on any atom is -0.545 e. The summed E-state index contributed by atoms with van der Waals surface area (Å²) in [4.78, 5) is 13.8. The van der Waals surface area contributed by atoms with E-state index in [1.54, 1.807) is 0 Å². The normalized spacial score (nSPS) is 8.45. The fraction of sp³-hybridized carbons (Fsp3) is 0. The van der Waals surface area contributed by atoms with Crippen molar-refractivity contribution in [3.05, 3.63) is 29.0 Å². The first-order valence-electron chi connectivity index (χ1n) is 2.52. The van der Waals surface area contributed by atoms with Crippen LogP contribution in [-0.4, -0.2) is 11.0 Å². The number of carbonyl (C=O) groups is 1. The summed E-state index contributed by atoms with van der Waals surface area (Å²) >= 11 is 5.44. The minimum atomic E-state index is -1.28. The van der Waals surface area contributed by atoms with Gasteiger partial charge in [0.1, 0.15) is 0 Å². The summed E-state index contributed by atoms with van der Waals surface area (Å²) in [6.45, 7) is 0. The van der Waals surface area contributed by atoms with Crippen molar-refractivity contribution in [2.24, 2.45) is 0 Å². The summed E-state index contributed by atoms with van der Waals surface area (Å²) in [5.74, 6) is -1.28. The van der Waals surface area contributed by atoms with E-state index in [4.69, 9.17) is 11.6 Å². The second-order valence-corrected chi connectivity index (χ2v) is 2.05. The summed E-state index contributed by atoms with van der Waals surface area (Å²) in [7, 11) is 0. The van der Waals surface area contributed by atoms with Crippen LogP contribution < -0.4 is 56.5 Å². The van der Waals surface area contributed by atoms with Crippen molar-refractivity contribution in [2.45, 2.75) is 0 Å². The Morgan fingerprint density at radius 2 is 2.27 bits per heavy atom. The average molecular weight is 196 g/mol. The molecular formula is C6H3ClKNO2. The molecule has 0 saturated heterocycles. The number of nitrogens with zero attached hydrogens (tertiary/aromatic N) is 1. The molecule has 11 heavy (non-hydrogen) atoms. The van der Waals surface area contributed by atoms with E-state index in [0.29, 0.717) is 0 Å². The number of hydrogen-bond donors (Lipinski definition) is 0. The van der Waals surface area contributed by atoms with E-state index in [2.05, 4.69) is 4.98 Å². The molecule has 0 aromatic carbocycles. The van der Waals surface area contributed by atoms with Crippen molar-refractivity contribution in [3.8, 4) is 0 Å². The first kappa shape index (κ1) is 11.5. The monoisotopic (exact) mass is 195 g/mol. The van der Waals surface area contributed by atoms with E-state index < -0.39 is 5.97 Å². The van der Waals surface area contributed by atoms with Crippen molar-refractivity contribution in [1.29, 1.82) is 0 Å². The number of aromatic carboxylic acids is 1. The van der Waals surface area contributed by atoms with E-state index in [1.807, 2.05) is 0 Å². The van der Waals surface area contributed by atoms with Crippen LogP contribution in [0.25, 0.3) is 0 Å². The molecule has 0 atom stereocenters. The second-order valence-electron chi connectivity index (χ2n) is 1.64. The Labute approximate surface area is 111 Å². The third-order valence-electron chi connectivity index (χ3n) is 0.992. The zero-order valence-corrected chi connectivity index (χ0v) is 9.75. The number of carboxylic acids is 1. The average Bonchev–Trinajstić information content (AvgIpc) is 1.88. The van der Waals surface area contributed by atoms with Gasteiger partial charge in [-0.2, -0.15) is 0 Å². The van der Waals surface area contributed by atoms with Gasteiger partial charge in [0.15, 0.2) is 0 Å². The standard InChI is InChI=1S/C6H4ClNO2.K/c7-5-3-8-2-1-4(5)6(9)10;/h1-3H,(H,9,10);/q;+1/p-1. The van der Waals surface area contributed by atoms with Gasteiger partial charge in [-0.25, -0.2) is 0 Å². The van der Waals surface area contributed by atoms with E-state index in [-0.39, 0.29) is 62.0 Å². The molecule has 0 aliphatic rings. The molecule has 1 aromatic rings. The van der Waals surface area contributed by atoms with Crippen LogP contribution >= 0.6 is 11.6 Å². The van der Waals surface area contributed by atoms with Crippen molar-refractivity contribution in [3.63, 3.8) is 0 Å². The predicted octanol–water partition coefficient (Wildman–Crippen LogP) is -2.90. The third-order valence-corrected chi connectivity index (χ3v) is 1.29. The minimum absolute atomic E-state index is 0. The number of hydrogen-bond acceptors (Lipinski definition) is 3. The molecule has 1 rings (SSSR count). The summed E-state index contributed by atoms with van der Waals surface area (Å²) in [6.07, 6.45) is 2.60. The molecule has 0 bridgehead atoms. The Balaban J connectivity index is 0.000001000. The second kappa shape index (κ2) is 5.24. The zero-order chi connectivity index (χ0) is 7.56.